The van der Waals surface area contributed by atoms with Crippen LogP contribution in [-0.2, 0) is 23.8 Å². The second-order valence-corrected chi connectivity index (χ2v) is 9.26. The molecule has 1 aliphatic rings. The van der Waals surface area contributed by atoms with Crippen LogP contribution in [0.5, 0.6) is 5.75 Å². The van der Waals surface area contributed by atoms with Crippen LogP contribution < -0.4 is 15.4 Å². The summed E-state index contributed by atoms with van der Waals surface area (Å²) in [6.45, 7) is 10.4. The number of carbonyl (C=O) groups is 3. The lowest BCUT2D eigenvalue weighted by molar-refractivity contribution is -0.135. The Balaban J connectivity index is 1.42. The first-order valence-electron chi connectivity index (χ1n) is 12.3. The number of ether oxygens (including phenoxy) is 4. The average Bonchev–Trinajstić information content (AvgIpc) is 2.83. The summed E-state index contributed by atoms with van der Waals surface area (Å²) >= 11 is 0. The predicted molar refractivity (Wildman–Crippen MR) is 134 cm³/mol. The Morgan fingerprint density at radius 3 is 2.08 bits per heavy atom. The van der Waals surface area contributed by atoms with Crippen LogP contribution in [0.3, 0.4) is 0 Å². The maximum absolute atomic E-state index is 12.3. The Morgan fingerprint density at radius 1 is 0.861 bits per heavy atom. The quantitative estimate of drug-likeness (QED) is 0.356. The maximum Gasteiger partial charge on any atom is 0.407 e. The fourth-order valence-corrected chi connectivity index (χ4v) is 3.29. The highest BCUT2D eigenvalue weighted by molar-refractivity contribution is 5.79. The molecule has 1 aromatic carbocycles. The summed E-state index contributed by atoms with van der Waals surface area (Å²) in [5, 5.41) is 5.45. The lowest BCUT2D eigenvalue weighted by Crippen LogP contribution is -2.52. The van der Waals surface area contributed by atoms with Crippen LogP contribution >= 0.6 is 0 Å². The van der Waals surface area contributed by atoms with Gasteiger partial charge in [-0.05, 0) is 32.9 Å². The molecule has 11 heteroatoms. The van der Waals surface area contributed by atoms with E-state index in [2.05, 4.69) is 10.6 Å². The van der Waals surface area contributed by atoms with Gasteiger partial charge < -0.3 is 34.5 Å². The normalized spacial score (nSPS) is 14.2. The molecule has 1 saturated heterocycles. The second kappa shape index (κ2) is 16.0. The molecule has 1 aliphatic heterocycles. The Kier molecular flexibility index (Phi) is 13.0. The monoisotopic (exact) mass is 508 g/mol. The van der Waals surface area contributed by atoms with Crippen molar-refractivity contribution < 1.29 is 33.3 Å². The number of para-hydroxylation sites is 1. The van der Waals surface area contributed by atoms with Gasteiger partial charge in [0.1, 0.15) is 11.4 Å². The van der Waals surface area contributed by atoms with Gasteiger partial charge in [-0.2, -0.15) is 0 Å². The zero-order valence-corrected chi connectivity index (χ0v) is 21.6. The first-order valence-corrected chi connectivity index (χ1v) is 12.3. The minimum atomic E-state index is -0.526. The summed E-state index contributed by atoms with van der Waals surface area (Å²) in [6, 6.07) is 9.25. The van der Waals surface area contributed by atoms with Crippen LogP contribution in [0.15, 0.2) is 30.3 Å². The highest BCUT2D eigenvalue weighted by Crippen LogP contribution is 2.09. The summed E-state index contributed by atoms with van der Waals surface area (Å²) in [4.78, 5) is 39.8. The number of benzene rings is 1. The van der Waals surface area contributed by atoms with E-state index in [1.54, 1.807) is 25.7 Å². The largest absolute Gasteiger partial charge is 0.484 e. The number of alkyl carbamates (subject to hydrolysis) is 1. The number of hydrogen-bond donors (Lipinski definition) is 2. The van der Waals surface area contributed by atoms with E-state index in [-0.39, 0.29) is 25.0 Å². The standard InChI is InChI=1S/C25H40N4O7/c1-25(2,3)36-24(32)27-10-16-34-18-17-33-15-9-26-22(30)19-28-11-13-29(14-12-28)23(31)20-35-21-7-5-4-6-8-21/h4-8H,9-20H2,1-3H3,(H,26,30)(H,27,32). The van der Waals surface area contributed by atoms with E-state index in [0.717, 1.165) is 0 Å². The predicted octanol–water partition coefficient (Wildman–Crippen LogP) is 0.884. The summed E-state index contributed by atoms with van der Waals surface area (Å²) in [5.41, 5.74) is -0.526. The Morgan fingerprint density at radius 2 is 1.47 bits per heavy atom. The Labute approximate surface area is 213 Å². The van der Waals surface area contributed by atoms with Crippen molar-refractivity contribution >= 4 is 17.9 Å². The molecule has 0 aliphatic carbocycles. The summed E-state index contributed by atoms with van der Waals surface area (Å²) in [7, 11) is 0. The SMILES string of the molecule is CC(C)(C)OC(=O)NCCOCCOCCNC(=O)CN1CCN(C(=O)COc2ccccc2)CC1. The summed E-state index contributed by atoms with van der Waals surface area (Å²) < 4.78 is 21.5. The number of rotatable bonds is 14. The summed E-state index contributed by atoms with van der Waals surface area (Å²) in [5.74, 6) is 0.545. The van der Waals surface area contributed by atoms with Crippen LogP contribution in [0.4, 0.5) is 4.79 Å². The van der Waals surface area contributed by atoms with Crippen molar-refractivity contribution in [3.8, 4) is 5.75 Å². The molecule has 0 bridgehead atoms. The van der Waals surface area contributed by atoms with Crippen molar-refractivity contribution in [2.75, 3.05) is 78.8 Å². The van der Waals surface area contributed by atoms with Gasteiger partial charge in [-0.15, -0.1) is 0 Å². The van der Waals surface area contributed by atoms with Gasteiger partial charge in [0.05, 0.1) is 33.0 Å². The van der Waals surface area contributed by atoms with Gasteiger partial charge in [-0.25, -0.2) is 4.79 Å². The van der Waals surface area contributed by atoms with Crippen molar-refractivity contribution in [2.45, 2.75) is 26.4 Å². The van der Waals surface area contributed by atoms with Crippen molar-refractivity contribution in [3.63, 3.8) is 0 Å². The minimum Gasteiger partial charge on any atom is -0.484 e. The fourth-order valence-electron chi connectivity index (χ4n) is 3.29. The van der Waals surface area contributed by atoms with Gasteiger partial charge >= 0.3 is 6.09 Å². The molecule has 0 atom stereocenters. The fraction of sp³-hybridized carbons (Fsp3) is 0.640. The molecule has 2 N–H and O–H groups in total. The number of carbonyl (C=O) groups excluding carboxylic acids is 3. The van der Waals surface area contributed by atoms with Gasteiger partial charge in [-0.3, -0.25) is 14.5 Å². The lowest BCUT2D eigenvalue weighted by Gasteiger charge is -2.34. The van der Waals surface area contributed by atoms with E-state index in [9.17, 15) is 14.4 Å². The number of piperazine rings is 1. The van der Waals surface area contributed by atoms with Crippen molar-refractivity contribution in [1.29, 1.82) is 0 Å². The number of nitrogens with one attached hydrogen (secondary N) is 2. The molecule has 11 nitrogen and oxygen atoms in total. The summed E-state index contributed by atoms with van der Waals surface area (Å²) in [6.07, 6.45) is -0.470. The number of amides is 3. The third-order valence-corrected chi connectivity index (χ3v) is 5.05. The molecular formula is C25H40N4O7. The zero-order chi connectivity index (χ0) is 26.2. The van der Waals surface area contributed by atoms with Gasteiger partial charge in [0.15, 0.2) is 6.61 Å². The van der Waals surface area contributed by atoms with E-state index in [1.165, 1.54) is 0 Å². The highest BCUT2D eigenvalue weighted by Gasteiger charge is 2.22. The molecule has 0 saturated carbocycles. The maximum atomic E-state index is 12.3. The van der Waals surface area contributed by atoms with Gasteiger partial charge in [-0.1, -0.05) is 18.2 Å². The highest BCUT2D eigenvalue weighted by atomic mass is 16.6. The average molecular weight is 509 g/mol. The Hall–Kier alpha value is -2.89. The topological polar surface area (TPSA) is 119 Å². The molecule has 0 aromatic heterocycles. The third kappa shape index (κ3) is 13.3. The van der Waals surface area contributed by atoms with E-state index < -0.39 is 11.7 Å². The first kappa shape index (κ1) is 29.3. The molecule has 0 unspecified atom stereocenters. The van der Waals surface area contributed by atoms with E-state index in [1.807, 2.05) is 35.2 Å². The lowest BCUT2D eigenvalue weighted by atomic mass is 10.2. The third-order valence-electron chi connectivity index (χ3n) is 5.05. The second-order valence-electron chi connectivity index (χ2n) is 9.26. The molecule has 202 valence electrons. The molecule has 1 heterocycles. The molecule has 36 heavy (non-hydrogen) atoms. The zero-order valence-electron chi connectivity index (χ0n) is 21.6. The molecule has 1 fully saturated rings. The van der Waals surface area contributed by atoms with Crippen molar-refractivity contribution in [2.24, 2.45) is 0 Å². The van der Waals surface area contributed by atoms with Gasteiger partial charge in [0.2, 0.25) is 5.91 Å². The number of nitrogens with zero attached hydrogens (tertiary/aromatic N) is 2. The molecule has 3 amide bonds. The number of hydrogen-bond acceptors (Lipinski definition) is 8. The van der Waals surface area contributed by atoms with Crippen LogP contribution in [0, 0.1) is 0 Å². The van der Waals surface area contributed by atoms with E-state index >= 15 is 0 Å². The minimum absolute atomic E-state index is 0.0124. The molecule has 0 spiro atoms. The van der Waals surface area contributed by atoms with E-state index in [0.29, 0.717) is 71.4 Å². The van der Waals surface area contributed by atoms with Crippen molar-refractivity contribution in [1.82, 2.24) is 20.4 Å². The molecule has 1 aromatic rings. The molecular weight excluding hydrogens is 468 g/mol. The first-order chi connectivity index (χ1) is 17.2. The van der Waals surface area contributed by atoms with Gasteiger partial charge in [0.25, 0.3) is 5.91 Å². The van der Waals surface area contributed by atoms with Crippen LogP contribution in [0.2, 0.25) is 0 Å². The van der Waals surface area contributed by atoms with E-state index in [4.69, 9.17) is 18.9 Å². The smallest absolute Gasteiger partial charge is 0.407 e. The van der Waals surface area contributed by atoms with Crippen LogP contribution in [0.1, 0.15) is 20.8 Å². The molecule has 2 rings (SSSR count). The van der Waals surface area contributed by atoms with Crippen LogP contribution in [0.25, 0.3) is 0 Å². The molecule has 0 radical (unpaired) electrons. The van der Waals surface area contributed by atoms with Crippen molar-refractivity contribution in [3.05, 3.63) is 30.3 Å². The Bertz CT molecular complexity index is 793. The van der Waals surface area contributed by atoms with Gasteiger partial charge in [0, 0.05) is 39.3 Å². The van der Waals surface area contributed by atoms with Crippen LogP contribution in [-0.4, -0.2) is 112 Å².